The van der Waals surface area contributed by atoms with Crippen molar-refractivity contribution in [3.05, 3.63) is 35.4 Å². The molecule has 12 heavy (non-hydrogen) atoms. The summed E-state index contributed by atoms with van der Waals surface area (Å²) in [6.45, 7) is 4.30. The van der Waals surface area contributed by atoms with Gasteiger partial charge in [-0.3, -0.25) is 4.79 Å². The maximum atomic E-state index is 10.3. The minimum absolute atomic E-state index is 0.526. The van der Waals surface area contributed by atoms with E-state index in [9.17, 15) is 4.79 Å². The highest BCUT2D eigenvalue weighted by Crippen LogP contribution is 2.18. The van der Waals surface area contributed by atoms with Crippen molar-refractivity contribution in [1.29, 1.82) is 0 Å². The second-order valence-corrected chi connectivity index (χ2v) is 3.04. The molecule has 0 spiro atoms. The van der Waals surface area contributed by atoms with Crippen LogP contribution in [0.3, 0.4) is 0 Å². The van der Waals surface area contributed by atoms with E-state index in [1.54, 1.807) is 6.07 Å². The summed E-state index contributed by atoms with van der Waals surface area (Å²) in [5.41, 5.74) is 1.87. The van der Waals surface area contributed by atoms with Crippen LogP contribution in [0, 0.1) is 0 Å². The van der Waals surface area contributed by atoms with Gasteiger partial charge in [0.1, 0.15) is 0 Å². The molecule has 63 valence electrons. The smallest absolute Gasteiger partial charge is 0.233 e. The number of rotatable bonds is 3. The predicted octanol–water partition coefficient (Wildman–Crippen LogP) is 2.66. The van der Waals surface area contributed by atoms with Crippen molar-refractivity contribution in [3.63, 3.8) is 0 Å². The Morgan fingerprint density at radius 2 is 2.25 bits per heavy atom. The quantitative estimate of drug-likeness (QED) is 0.666. The monoisotopic (exact) mass is 161 g/mol. The van der Waals surface area contributed by atoms with E-state index < -0.39 is 0 Å². The zero-order valence-corrected chi connectivity index (χ0v) is 7.50. The fraction of sp³-hybridized carbons (Fsp3) is 0.364. The molecule has 1 radical (unpaired) electrons. The van der Waals surface area contributed by atoms with E-state index in [2.05, 4.69) is 19.9 Å². The summed E-state index contributed by atoms with van der Waals surface area (Å²) in [5.74, 6) is 0.526. The number of hydrogen-bond acceptors (Lipinski definition) is 1. The van der Waals surface area contributed by atoms with E-state index in [4.69, 9.17) is 0 Å². The fourth-order valence-electron chi connectivity index (χ4n) is 1.14. The highest BCUT2D eigenvalue weighted by Gasteiger charge is 2.02. The highest BCUT2D eigenvalue weighted by molar-refractivity contribution is 5.75. The molecule has 0 aliphatic rings. The molecular formula is C11H13O. The summed E-state index contributed by atoms with van der Waals surface area (Å²) >= 11 is 0. The van der Waals surface area contributed by atoms with Gasteiger partial charge < -0.3 is 0 Å². The molecule has 0 saturated carbocycles. The lowest BCUT2D eigenvalue weighted by atomic mass is 9.97. The molecule has 1 unspecified atom stereocenters. The van der Waals surface area contributed by atoms with Crippen molar-refractivity contribution in [3.8, 4) is 0 Å². The Balaban J connectivity index is 2.93. The number of hydrogen-bond donors (Lipinski definition) is 0. The Labute approximate surface area is 73.4 Å². The van der Waals surface area contributed by atoms with Crippen LogP contribution in [-0.4, -0.2) is 6.29 Å². The zero-order chi connectivity index (χ0) is 8.97. The van der Waals surface area contributed by atoms with Crippen molar-refractivity contribution in [2.75, 3.05) is 0 Å². The summed E-state index contributed by atoms with van der Waals surface area (Å²) in [4.78, 5) is 10.3. The van der Waals surface area contributed by atoms with Crippen molar-refractivity contribution in [1.82, 2.24) is 0 Å². The van der Waals surface area contributed by atoms with E-state index in [-0.39, 0.29) is 0 Å². The second-order valence-electron chi connectivity index (χ2n) is 3.04. The van der Waals surface area contributed by atoms with Gasteiger partial charge in [-0.15, -0.1) is 0 Å². The van der Waals surface area contributed by atoms with Crippen LogP contribution in [-0.2, 0) is 4.79 Å². The Hall–Kier alpha value is -1.11. The van der Waals surface area contributed by atoms with Crippen LogP contribution < -0.4 is 0 Å². The van der Waals surface area contributed by atoms with Crippen molar-refractivity contribution >= 4 is 6.29 Å². The largest absolute Gasteiger partial charge is 0.285 e. The SMILES string of the molecule is CCC(C)c1cccc([C]=O)c1. The average Bonchev–Trinajstić information content (AvgIpc) is 2.17. The van der Waals surface area contributed by atoms with Crippen LogP contribution in [0.5, 0.6) is 0 Å². The first-order valence-electron chi connectivity index (χ1n) is 4.26. The molecule has 1 heteroatoms. The third-order valence-electron chi connectivity index (χ3n) is 2.19. The summed E-state index contributed by atoms with van der Waals surface area (Å²) in [5, 5.41) is 0. The lowest BCUT2D eigenvalue weighted by Crippen LogP contribution is -1.92. The van der Waals surface area contributed by atoms with Crippen LogP contribution in [0.15, 0.2) is 24.3 Å². The van der Waals surface area contributed by atoms with E-state index in [1.165, 1.54) is 5.56 Å². The van der Waals surface area contributed by atoms with Gasteiger partial charge in [-0.1, -0.05) is 32.0 Å². The minimum Gasteiger partial charge on any atom is -0.285 e. The summed E-state index contributed by atoms with van der Waals surface area (Å²) < 4.78 is 0. The second kappa shape index (κ2) is 4.05. The Morgan fingerprint density at radius 1 is 1.50 bits per heavy atom. The molecule has 1 atom stereocenters. The van der Waals surface area contributed by atoms with E-state index in [0.29, 0.717) is 11.5 Å². The van der Waals surface area contributed by atoms with E-state index >= 15 is 0 Å². The van der Waals surface area contributed by atoms with Crippen LogP contribution in [0.2, 0.25) is 0 Å². The van der Waals surface area contributed by atoms with Crippen LogP contribution >= 0.6 is 0 Å². The van der Waals surface area contributed by atoms with Crippen molar-refractivity contribution < 1.29 is 4.79 Å². The molecule has 0 saturated heterocycles. The van der Waals surface area contributed by atoms with Gasteiger partial charge >= 0.3 is 0 Å². The third kappa shape index (κ3) is 1.94. The molecule has 1 rings (SSSR count). The average molecular weight is 161 g/mol. The maximum Gasteiger partial charge on any atom is 0.233 e. The molecule has 0 amide bonds. The van der Waals surface area contributed by atoms with Gasteiger partial charge in [0, 0.05) is 5.56 Å². The van der Waals surface area contributed by atoms with Gasteiger partial charge in [0.05, 0.1) is 0 Å². The lowest BCUT2D eigenvalue weighted by molar-refractivity contribution is 0.562. The molecule has 0 aliphatic heterocycles. The molecule has 1 aromatic carbocycles. The Kier molecular flexibility index (Phi) is 3.03. The number of benzene rings is 1. The molecule has 0 bridgehead atoms. The van der Waals surface area contributed by atoms with Gasteiger partial charge in [-0.2, -0.15) is 0 Å². The summed E-state index contributed by atoms with van der Waals surface area (Å²) in [6, 6.07) is 7.64. The van der Waals surface area contributed by atoms with E-state index in [1.807, 2.05) is 18.4 Å². The number of carbonyl (C=O) groups excluding carboxylic acids is 1. The van der Waals surface area contributed by atoms with Crippen LogP contribution in [0.4, 0.5) is 0 Å². The normalized spacial score (nSPS) is 12.5. The molecule has 0 aliphatic carbocycles. The summed E-state index contributed by atoms with van der Waals surface area (Å²) in [6.07, 6.45) is 3.00. The highest BCUT2D eigenvalue weighted by atomic mass is 16.1. The summed E-state index contributed by atoms with van der Waals surface area (Å²) in [7, 11) is 0. The molecule has 1 nitrogen and oxygen atoms in total. The van der Waals surface area contributed by atoms with Gasteiger partial charge in [0.2, 0.25) is 6.29 Å². The van der Waals surface area contributed by atoms with Crippen LogP contribution in [0.25, 0.3) is 0 Å². The first kappa shape index (κ1) is 8.98. The van der Waals surface area contributed by atoms with Crippen molar-refractivity contribution in [2.45, 2.75) is 26.2 Å². The Morgan fingerprint density at radius 3 is 2.83 bits per heavy atom. The van der Waals surface area contributed by atoms with Gasteiger partial charge in [0.15, 0.2) is 0 Å². The molecule has 0 N–H and O–H groups in total. The lowest BCUT2D eigenvalue weighted by Gasteiger charge is -2.08. The van der Waals surface area contributed by atoms with E-state index in [0.717, 1.165) is 6.42 Å². The maximum absolute atomic E-state index is 10.3. The third-order valence-corrected chi connectivity index (χ3v) is 2.19. The van der Waals surface area contributed by atoms with Gasteiger partial charge in [-0.25, -0.2) is 0 Å². The van der Waals surface area contributed by atoms with Crippen LogP contribution in [0.1, 0.15) is 37.3 Å². The molecule has 0 heterocycles. The van der Waals surface area contributed by atoms with Gasteiger partial charge in [-0.05, 0) is 24.0 Å². The molecule has 1 aromatic rings. The molecule has 0 fully saturated rings. The first-order valence-corrected chi connectivity index (χ1v) is 4.26. The topological polar surface area (TPSA) is 17.1 Å². The zero-order valence-electron chi connectivity index (χ0n) is 7.50. The minimum atomic E-state index is 0.526. The standard InChI is InChI=1S/C11H13O/c1-3-9(2)11-6-4-5-10(7-11)8-12/h4-7,9H,3H2,1-2H3. The molecule has 0 aromatic heterocycles. The van der Waals surface area contributed by atoms with Crippen molar-refractivity contribution in [2.24, 2.45) is 0 Å². The fourth-order valence-corrected chi connectivity index (χ4v) is 1.14. The Bertz CT molecular complexity index is 265. The van der Waals surface area contributed by atoms with Gasteiger partial charge in [0.25, 0.3) is 0 Å². The first-order chi connectivity index (χ1) is 5.77. The molecular weight excluding hydrogens is 148 g/mol. The predicted molar refractivity (Wildman–Crippen MR) is 49.9 cm³/mol.